The summed E-state index contributed by atoms with van der Waals surface area (Å²) in [7, 11) is 0. The van der Waals surface area contributed by atoms with Gasteiger partial charge < -0.3 is 5.73 Å². The van der Waals surface area contributed by atoms with Crippen molar-refractivity contribution in [2.24, 2.45) is 5.73 Å². The summed E-state index contributed by atoms with van der Waals surface area (Å²) < 4.78 is 0. The number of aromatic nitrogens is 1. The molecule has 0 aliphatic carbocycles. The summed E-state index contributed by atoms with van der Waals surface area (Å²) in [5, 5.41) is 8.56. The second kappa shape index (κ2) is 3.84. The van der Waals surface area contributed by atoms with Crippen molar-refractivity contribution in [3.63, 3.8) is 0 Å². The van der Waals surface area contributed by atoms with Gasteiger partial charge in [0.15, 0.2) is 0 Å². The molecule has 62 valence electrons. The molecule has 1 aromatic heterocycles. The third-order valence-electron chi connectivity index (χ3n) is 1.70. The molecule has 0 spiro atoms. The molecule has 3 heteroatoms. The fourth-order valence-corrected chi connectivity index (χ4v) is 0.929. The van der Waals surface area contributed by atoms with Crippen molar-refractivity contribution in [1.82, 2.24) is 4.98 Å². The van der Waals surface area contributed by atoms with E-state index in [4.69, 9.17) is 11.0 Å². The first kappa shape index (κ1) is 8.69. The molecule has 1 heterocycles. The lowest BCUT2D eigenvalue weighted by molar-refractivity contribution is 0.674. The molecular formula is C9H11N3. The van der Waals surface area contributed by atoms with Crippen LogP contribution in [0.15, 0.2) is 18.2 Å². The van der Waals surface area contributed by atoms with Crippen LogP contribution in [0.2, 0.25) is 0 Å². The van der Waals surface area contributed by atoms with E-state index in [1.54, 1.807) is 12.1 Å². The van der Waals surface area contributed by atoms with Crippen molar-refractivity contribution in [2.75, 3.05) is 0 Å². The van der Waals surface area contributed by atoms with Gasteiger partial charge in [-0.25, -0.2) is 4.98 Å². The van der Waals surface area contributed by atoms with E-state index in [0.29, 0.717) is 5.69 Å². The van der Waals surface area contributed by atoms with E-state index in [1.165, 1.54) is 0 Å². The van der Waals surface area contributed by atoms with Crippen LogP contribution in [-0.4, -0.2) is 4.98 Å². The molecular weight excluding hydrogens is 150 g/mol. The number of nitriles is 1. The van der Waals surface area contributed by atoms with Crippen LogP contribution in [0.1, 0.15) is 30.8 Å². The van der Waals surface area contributed by atoms with Crippen LogP contribution in [0, 0.1) is 11.3 Å². The Balaban J connectivity index is 2.95. The molecule has 0 fully saturated rings. The first-order valence-corrected chi connectivity index (χ1v) is 3.90. The number of hydrogen-bond acceptors (Lipinski definition) is 3. The van der Waals surface area contributed by atoms with E-state index in [2.05, 4.69) is 4.98 Å². The topological polar surface area (TPSA) is 62.7 Å². The molecule has 0 bridgehead atoms. The number of nitrogens with two attached hydrogens (primary N) is 1. The van der Waals surface area contributed by atoms with Gasteiger partial charge >= 0.3 is 0 Å². The maximum absolute atomic E-state index is 8.56. The first-order chi connectivity index (χ1) is 5.77. The van der Waals surface area contributed by atoms with Gasteiger partial charge in [-0.15, -0.1) is 0 Å². The van der Waals surface area contributed by atoms with Gasteiger partial charge in [0.25, 0.3) is 0 Å². The summed E-state index contributed by atoms with van der Waals surface area (Å²) in [6.45, 7) is 1.99. The Morgan fingerprint density at radius 1 is 1.67 bits per heavy atom. The maximum Gasteiger partial charge on any atom is 0.140 e. The van der Waals surface area contributed by atoms with Gasteiger partial charge in [-0.2, -0.15) is 5.26 Å². The van der Waals surface area contributed by atoms with Crippen molar-refractivity contribution in [2.45, 2.75) is 19.4 Å². The third kappa shape index (κ3) is 1.80. The van der Waals surface area contributed by atoms with Crippen LogP contribution >= 0.6 is 0 Å². The zero-order chi connectivity index (χ0) is 8.97. The molecule has 0 radical (unpaired) electrons. The van der Waals surface area contributed by atoms with Gasteiger partial charge in [-0.3, -0.25) is 0 Å². The summed E-state index contributed by atoms with van der Waals surface area (Å²) in [6, 6.07) is 7.24. The monoisotopic (exact) mass is 161 g/mol. The van der Waals surface area contributed by atoms with Crippen molar-refractivity contribution in [1.29, 1.82) is 5.26 Å². The molecule has 0 aliphatic rings. The van der Waals surface area contributed by atoms with Crippen LogP contribution in [0.3, 0.4) is 0 Å². The minimum absolute atomic E-state index is 0.0571. The van der Waals surface area contributed by atoms with Crippen LogP contribution in [-0.2, 0) is 0 Å². The molecule has 3 nitrogen and oxygen atoms in total. The number of rotatable bonds is 2. The Hall–Kier alpha value is -1.40. The van der Waals surface area contributed by atoms with Crippen molar-refractivity contribution >= 4 is 0 Å². The molecule has 1 rings (SSSR count). The van der Waals surface area contributed by atoms with Gasteiger partial charge in [0.1, 0.15) is 11.8 Å². The lowest BCUT2D eigenvalue weighted by Crippen LogP contribution is -2.10. The van der Waals surface area contributed by atoms with E-state index in [0.717, 1.165) is 12.1 Å². The smallest absolute Gasteiger partial charge is 0.140 e. The Morgan fingerprint density at radius 3 is 3.00 bits per heavy atom. The van der Waals surface area contributed by atoms with E-state index >= 15 is 0 Å². The molecule has 0 amide bonds. The van der Waals surface area contributed by atoms with Crippen molar-refractivity contribution in [3.8, 4) is 6.07 Å². The first-order valence-electron chi connectivity index (χ1n) is 3.90. The highest BCUT2D eigenvalue weighted by Gasteiger charge is 2.04. The van der Waals surface area contributed by atoms with Gasteiger partial charge in [-0.1, -0.05) is 13.0 Å². The average Bonchev–Trinajstić information content (AvgIpc) is 2.17. The van der Waals surface area contributed by atoms with E-state index in [9.17, 15) is 0 Å². The normalized spacial score (nSPS) is 12.1. The van der Waals surface area contributed by atoms with Crippen LogP contribution < -0.4 is 5.73 Å². The largest absolute Gasteiger partial charge is 0.323 e. The molecule has 0 aromatic carbocycles. The predicted molar refractivity (Wildman–Crippen MR) is 46.2 cm³/mol. The van der Waals surface area contributed by atoms with E-state index in [-0.39, 0.29) is 6.04 Å². The van der Waals surface area contributed by atoms with Gasteiger partial charge in [0, 0.05) is 6.04 Å². The molecule has 2 N–H and O–H groups in total. The summed E-state index contributed by atoms with van der Waals surface area (Å²) in [5.74, 6) is 0. The Bertz CT molecular complexity index is 301. The van der Waals surface area contributed by atoms with Crippen LogP contribution in [0.5, 0.6) is 0 Å². The number of pyridine rings is 1. The van der Waals surface area contributed by atoms with E-state index < -0.39 is 0 Å². The molecule has 12 heavy (non-hydrogen) atoms. The predicted octanol–water partition coefficient (Wildman–Crippen LogP) is 1.36. The Morgan fingerprint density at radius 2 is 2.42 bits per heavy atom. The SMILES string of the molecule is CCC(N)c1cccc(C#N)n1. The second-order valence-electron chi connectivity index (χ2n) is 2.57. The molecule has 1 atom stereocenters. The average molecular weight is 161 g/mol. The van der Waals surface area contributed by atoms with Crippen molar-refractivity contribution < 1.29 is 0 Å². The highest BCUT2D eigenvalue weighted by molar-refractivity contribution is 5.23. The summed E-state index contributed by atoms with van der Waals surface area (Å²) in [6.07, 6.45) is 0.835. The van der Waals surface area contributed by atoms with Gasteiger partial charge in [-0.05, 0) is 18.6 Å². The lowest BCUT2D eigenvalue weighted by atomic mass is 10.1. The zero-order valence-corrected chi connectivity index (χ0v) is 6.99. The second-order valence-corrected chi connectivity index (χ2v) is 2.57. The quantitative estimate of drug-likeness (QED) is 0.712. The summed E-state index contributed by atoms with van der Waals surface area (Å²) in [5.41, 5.74) is 6.96. The summed E-state index contributed by atoms with van der Waals surface area (Å²) >= 11 is 0. The molecule has 0 aliphatic heterocycles. The van der Waals surface area contributed by atoms with Crippen molar-refractivity contribution in [3.05, 3.63) is 29.6 Å². The highest BCUT2D eigenvalue weighted by atomic mass is 14.8. The number of nitrogens with zero attached hydrogens (tertiary/aromatic N) is 2. The van der Waals surface area contributed by atoms with Crippen LogP contribution in [0.4, 0.5) is 0 Å². The van der Waals surface area contributed by atoms with E-state index in [1.807, 2.05) is 19.1 Å². The molecule has 1 aromatic rings. The standard InChI is InChI=1S/C9H11N3/c1-2-8(11)9-5-3-4-7(6-10)12-9/h3-5,8H,2,11H2,1H3. The minimum Gasteiger partial charge on any atom is -0.323 e. The van der Waals surface area contributed by atoms with Gasteiger partial charge in [0.2, 0.25) is 0 Å². The zero-order valence-electron chi connectivity index (χ0n) is 6.99. The lowest BCUT2D eigenvalue weighted by Gasteiger charge is -2.06. The fourth-order valence-electron chi connectivity index (χ4n) is 0.929. The molecule has 0 saturated carbocycles. The maximum atomic E-state index is 8.56. The molecule has 0 saturated heterocycles. The van der Waals surface area contributed by atoms with Gasteiger partial charge in [0.05, 0.1) is 5.69 Å². The highest BCUT2D eigenvalue weighted by Crippen LogP contribution is 2.10. The Labute approximate surface area is 71.8 Å². The van der Waals surface area contributed by atoms with Crippen LogP contribution in [0.25, 0.3) is 0 Å². The number of hydrogen-bond donors (Lipinski definition) is 1. The fraction of sp³-hybridized carbons (Fsp3) is 0.333. The Kier molecular flexibility index (Phi) is 2.78. The molecule has 1 unspecified atom stereocenters. The summed E-state index contributed by atoms with van der Waals surface area (Å²) in [4.78, 5) is 4.08. The third-order valence-corrected chi connectivity index (χ3v) is 1.70. The minimum atomic E-state index is -0.0571.